The van der Waals surface area contributed by atoms with Gasteiger partial charge in [-0.2, -0.15) is 0 Å². The van der Waals surface area contributed by atoms with Gasteiger partial charge in [-0.15, -0.1) is 0 Å². The second kappa shape index (κ2) is 5.79. The lowest BCUT2D eigenvalue weighted by molar-refractivity contribution is 0.0314. The molecule has 1 saturated heterocycles. The van der Waals surface area contributed by atoms with Gasteiger partial charge in [-0.3, -0.25) is 4.90 Å². The highest BCUT2D eigenvalue weighted by atomic mass is 16.5. The minimum absolute atomic E-state index is 0.717. The number of ether oxygens (including phenoxy) is 1. The number of para-hydroxylation sites is 1. The SMILES string of the molecule is c1ccc2c(CNC3CC3)c(CN3CCOCC3)oc2c1. The number of rotatable bonds is 5. The first-order valence-electron chi connectivity index (χ1n) is 7.93. The van der Waals surface area contributed by atoms with Gasteiger partial charge < -0.3 is 14.5 Å². The van der Waals surface area contributed by atoms with Crippen LogP contribution in [0.2, 0.25) is 0 Å². The van der Waals surface area contributed by atoms with Crippen LogP contribution in [0.25, 0.3) is 11.0 Å². The summed E-state index contributed by atoms with van der Waals surface area (Å²) >= 11 is 0. The Hall–Kier alpha value is -1.36. The van der Waals surface area contributed by atoms with Gasteiger partial charge in [-0.1, -0.05) is 18.2 Å². The van der Waals surface area contributed by atoms with Crippen molar-refractivity contribution in [3.8, 4) is 0 Å². The van der Waals surface area contributed by atoms with E-state index in [1.165, 1.54) is 23.8 Å². The summed E-state index contributed by atoms with van der Waals surface area (Å²) in [5.74, 6) is 1.12. The lowest BCUT2D eigenvalue weighted by Crippen LogP contribution is -2.35. The number of nitrogens with one attached hydrogen (secondary N) is 1. The topological polar surface area (TPSA) is 37.6 Å². The Kier molecular flexibility index (Phi) is 3.67. The molecule has 0 bridgehead atoms. The Morgan fingerprint density at radius 1 is 1.14 bits per heavy atom. The highest BCUT2D eigenvalue weighted by molar-refractivity contribution is 5.82. The van der Waals surface area contributed by atoms with E-state index in [0.717, 1.165) is 56.8 Å². The van der Waals surface area contributed by atoms with Crippen LogP contribution < -0.4 is 5.32 Å². The number of nitrogens with zero attached hydrogens (tertiary/aromatic N) is 1. The largest absolute Gasteiger partial charge is 0.459 e. The zero-order valence-corrected chi connectivity index (χ0v) is 12.3. The van der Waals surface area contributed by atoms with Crippen LogP contribution in [-0.4, -0.2) is 37.2 Å². The third-order valence-electron chi connectivity index (χ3n) is 4.40. The molecule has 2 fully saturated rings. The molecule has 1 saturated carbocycles. The number of hydrogen-bond acceptors (Lipinski definition) is 4. The predicted octanol–water partition coefficient (Wildman–Crippen LogP) is 2.52. The molecule has 21 heavy (non-hydrogen) atoms. The fourth-order valence-electron chi connectivity index (χ4n) is 2.97. The summed E-state index contributed by atoms with van der Waals surface area (Å²) in [6.45, 7) is 5.45. The number of morpholine rings is 1. The van der Waals surface area contributed by atoms with Gasteiger partial charge in [0.1, 0.15) is 11.3 Å². The summed E-state index contributed by atoms with van der Waals surface area (Å²) < 4.78 is 11.6. The smallest absolute Gasteiger partial charge is 0.134 e. The van der Waals surface area contributed by atoms with Crippen molar-refractivity contribution in [3.63, 3.8) is 0 Å². The maximum atomic E-state index is 6.13. The quantitative estimate of drug-likeness (QED) is 0.916. The van der Waals surface area contributed by atoms with Crippen LogP contribution in [0.5, 0.6) is 0 Å². The normalized spacial score (nSPS) is 20.2. The van der Waals surface area contributed by atoms with Gasteiger partial charge in [-0.25, -0.2) is 0 Å². The summed E-state index contributed by atoms with van der Waals surface area (Å²) in [7, 11) is 0. The van der Waals surface area contributed by atoms with Gasteiger partial charge in [0.15, 0.2) is 0 Å². The van der Waals surface area contributed by atoms with Crippen molar-refractivity contribution < 1.29 is 9.15 Å². The van der Waals surface area contributed by atoms with Crippen molar-refractivity contribution in [3.05, 3.63) is 35.6 Å². The summed E-state index contributed by atoms with van der Waals surface area (Å²) in [5.41, 5.74) is 2.34. The van der Waals surface area contributed by atoms with Crippen molar-refractivity contribution >= 4 is 11.0 Å². The van der Waals surface area contributed by atoms with E-state index in [1.807, 2.05) is 6.07 Å². The van der Waals surface area contributed by atoms with E-state index < -0.39 is 0 Å². The van der Waals surface area contributed by atoms with Crippen LogP contribution in [0.3, 0.4) is 0 Å². The molecule has 2 aliphatic rings. The molecule has 2 aromatic rings. The second-order valence-corrected chi connectivity index (χ2v) is 6.04. The Bertz CT molecular complexity index is 612. The van der Waals surface area contributed by atoms with Crippen LogP contribution in [0, 0.1) is 0 Å². The molecule has 0 amide bonds. The van der Waals surface area contributed by atoms with E-state index in [0.29, 0.717) is 0 Å². The van der Waals surface area contributed by atoms with Gasteiger partial charge in [0, 0.05) is 36.6 Å². The number of fused-ring (bicyclic) bond motifs is 1. The van der Waals surface area contributed by atoms with E-state index in [9.17, 15) is 0 Å². The molecule has 112 valence electrons. The van der Waals surface area contributed by atoms with Crippen LogP contribution in [0.15, 0.2) is 28.7 Å². The fraction of sp³-hybridized carbons (Fsp3) is 0.529. The summed E-state index contributed by atoms with van der Waals surface area (Å²) in [6.07, 6.45) is 2.63. The van der Waals surface area contributed by atoms with Crippen molar-refractivity contribution in [1.82, 2.24) is 10.2 Å². The van der Waals surface area contributed by atoms with Crippen molar-refractivity contribution in [1.29, 1.82) is 0 Å². The Labute approximate surface area is 125 Å². The lowest BCUT2D eigenvalue weighted by atomic mass is 10.1. The van der Waals surface area contributed by atoms with Crippen LogP contribution >= 0.6 is 0 Å². The van der Waals surface area contributed by atoms with E-state index in [1.54, 1.807) is 0 Å². The molecule has 0 spiro atoms. The minimum Gasteiger partial charge on any atom is -0.459 e. The molecule has 4 rings (SSSR count). The van der Waals surface area contributed by atoms with Gasteiger partial charge >= 0.3 is 0 Å². The first kappa shape index (κ1) is 13.3. The van der Waals surface area contributed by atoms with E-state index in [2.05, 4.69) is 28.4 Å². The van der Waals surface area contributed by atoms with Crippen molar-refractivity contribution in [2.75, 3.05) is 26.3 Å². The highest BCUT2D eigenvalue weighted by Crippen LogP contribution is 2.28. The standard InChI is InChI=1S/C17H22N2O2/c1-2-4-16-14(3-1)15(11-18-13-5-6-13)17(21-16)12-19-7-9-20-10-8-19/h1-4,13,18H,5-12H2. The molecule has 1 aromatic carbocycles. The molecule has 0 atom stereocenters. The number of hydrogen-bond donors (Lipinski definition) is 1. The van der Waals surface area contributed by atoms with Gasteiger partial charge in [0.2, 0.25) is 0 Å². The Balaban J connectivity index is 1.59. The molecule has 4 nitrogen and oxygen atoms in total. The zero-order chi connectivity index (χ0) is 14.1. The molecule has 0 radical (unpaired) electrons. The Morgan fingerprint density at radius 2 is 1.95 bits per heavy atom. The molecule has 1 aliphatic heterocycles. The fourth-order valence-corrected chi connectivity index (χ4v) is 2.97. The first-order chi connectivity index (χ1) is 10.4. The van der Waals surface area contributed by atoms with Crippen molar-refractivity contribution in [2.24, 2.45) is 0 Å². The van der Waals surface area contributed by atoms with E-state index in [-0.39, 0.29) is 0 Å². The summed E-state index contributed by atoms with van der Waals surface area (Å²) in [5, 5.41) is 4.88. The molecule has 2 heterocycles. The molecule has 1 N–H and O–H groups in total. The zero-order valence-electron chi connectivity index (χ0n) is 12.3. The van der Waals surface area contributed by atoms with Crippen LogP contribution in [0.4, 0.5) is 0 Å². The minimum atomic E-state index is 0.717. The third kappa shape index (κ3) is 2.98. The maximum absolute atomic E-state index is 6.13. The average molecular weight is 286 g/mol. The van der Waals surface area contributed by atoms with Crippen LogP contribution in [0.1, 0.15) is 24.2 Å². The Morgan fingerprint density at radius 3 is 2.76 bits per heavy atom. The second-order valence-electron chi connectivity index (χ2n) is 6.04. The van der Waals surface area contributed by atoms with Crippen LogP contribution in [-0.2, 0) is 17.8 Å². The maximum Gasteiger partial charge on any atom is 0.134 e. The first-order valence-corrected chi connectivity index (χ1v) is 7.93. The highest BCUT2D eigenvalue weighted by Gasteiger charge is 2.23. The molecule has 4 heteroatoms. The van der Waals surface area contributed by atoms with Crippen molar-refractivity contribution in [2.45, 2.75) is 32.0 Å². The average Bonchev–Trinajstić information content (AvgIpc) is 3.28. The summed E-state index contributed by atoms with van der Waals surface area (Å²) in [6, 6.07) is 9.10. The van der Waals surface area contributed by atoms with Gasteiger partial charge in [0.05, 0.1) is 19.8 Å². The van der Waals surface area contributed by atoms with E-state index >= 15 is 0 Å². The monoisotopic (exact) mass is 286 g/mol. The molecular formula is C17H22N2O2. The lowest BCUT2D eigenvalue weighted by Gasteiger charge is -2.26. The predicted molar refractivity (Wildman–Crippen MR) is 82.2 cm³/mol. The molecule has 1 aliphatic carbocycles. The molecule has 1 aromatic heterocycles. The molecule has 0 unspecified atom stereocenters. The van der Waals surface area contributed by atoms with Gasteiger partial charge in [0.25, 0.3) is 0 Å². The van der Waals surface area contributed by atoms with Gasteiger partial charge in [-0.05, 0) is 18.9 Å². The third-order valence-corrected chi connectivity index (χ3v) is 4.40. The summed E-state index contributed by atoms with van der Waals surface area (Å²) in [4.78, 5) is 2.42. The number of benzene rings is 1. The van der Waals surface area contributed by atoms with E-state index in [4.69, 9.17) is 9.15 Å². The number of furan rings is 1. The molecular weight excluding hydrogens is 264 g/mol.